The third-order valence-corrected chi connectivity index (χ3v) is 5.75. The molecule has 7 N–H and O–H groups in total. The molecule has 1 heterocycles. The number of hydrogen-bond donors (Lipinski definition) is 7. The molecule has 4 atom stereocenters. The zero-order valence-corrected chi connectivity index (χ0v) is 20.7. The van der Waals surface area contributed by atoms with Crippen LogP contribution in [0.25, 0.3) is 0 Å². The molecule has 4 unspecified atom stereocenters. The first-order chi connectivity index (χ1) is 15.6. The Balaban J connectivity index is 2.94. The van der Waals surface area contributed by atoms with Crippen LogP contribution in [-0.2, 0) is 25.6 Å². The van der Waals surface area contributed by atoms with Crippen molar-refractivity contribution < 1.29 is 24.3 Å². The van der Waals surface area contributed by atoms with Gasteiger partial charge in [-0.05, 0) is 30.8 Å². The Bertz CT molecular complexity index is 777. The molecule has 33 heavy (non-hydrogen) atoms. The van der Waals surface area contributed by atoms with Crippen molar-refractivity contribution in [2.24, 2.45) is 11.7 Å². The van der Waals surface area contributed by atoms with Crippen molar-refractivity contribution in [3.63, 3.8) is 0 Å². The van der Waals surface area contributed by atoms with E-state index < -0.39 is 47.9 Å². The number of aliphatic carboxylic acids is 1. The second-order valence-corrected chi connectivity index (χ2v) is 9.35. The largest absolute Gasteiger partial charge is 0.480 e. The van der Waals surface area contributed by atoms with Gasteiger partial charge in [0.2, 0.25) is 17.7 Å². The number of aromatic nitrogens is 2. The van der Waals surface area contributed by atoms with E-state index in [2.05, 4.69) is 38.5 Å². The van der Waals surface area contributed by atoms with Crippen LogP contribution in [0.5, 0.6) is 0 Å². The number of nitrogens with two attached hydrogens (primary N) is 1. The van der Waals surface area contributed by atoms with Gasteiger partial charge in [-0.15, -0.1) is 0 Å². The van der Waals surface area contributed by atoms with Crippen molar-refractivity contribution in [3.05, 3.63) is 18.2 Å². The van der Waals surface area contributed by atoms with E-state index in [-0.39, 0.29) is 24.5 Å². The minimum absolute atomic E-state index is 0.0118. The van der Waals surface area contributed by atoms with E-state index in [1.165, 1.54) is 24.3 Å². The topological polar surface area (TPSA) is 179 Å². The van der Waals surface area contributed by atoms with E-state index in [9.17, 15) is 24.3 Å². The number of carbonyl (C=O) groups excluding carboxylic acids is 3. The normalized spacial score (nSPS) is 14.7. The van der Waals surface area contributed by atoms with Gasteiger partial charge in [-0.2, -0.15) is 24.4 Å². The van der Waals surface area contributed by atoms with Gasteiger partial charge in [0.05, 0.1) is 12.4 Å². The molecule has 1 rings (SSSR count). The van der Waals surface area contributed by atoms with Gasteiger partial charge in [-0.1, -0.05) is 13.8 Å². The first-order valence-corrected chi connectivity index (χ1v) is 12.6. The average Bonchev–Trinajstić information content (AvgIpc) is 3.27. The molecule has 3 amide bonds. The average molecular weight is 503 g/mol. The second-order valence-electron chi connectivity index (χ2n) is 8.00. The third kappa shape index (κ3) is 10.5. The van der Waals surface area contributed by atoms with Gasteiger partial charge < -0.3 is 31.8 Å². The molecule has 0 aromatic carbocycles. The van der Waals surface area contributed by atoms with Crippen molar-refractivity contribution in [1.29, 1.82) is 0 Å². The molecule has 13 heteroatoms. The lowest BCUT2D eigenvalue weighted by molar-refractivity contribution is -0.142. The Morgan fingerprint density at radius 3 is 2.24 bits per heavy atom. The summed E-state index contributed by atoms with van der Waals surface area (Å²) < 4.78 is 0. The number of thiol groups is 1. The highest BCUT2D eigenvalue weighted by Crippen LogP contribution is 2.08. The van der Waals surface area contributed by atoms with E-state index in [0.29, 0.717) is 17.9 Å². The zero-order chi connectivity index (χ0) is 25.0. The van der Waals surface area contributed by atoms with E-state index in [1.54, 1.807) is 0 Å². The van der Waals surface area contributed by atoms with Gasteiger partial charge in [0.15, 0.2) is 0 Å². The number of amides is 3. The van der Waals surface area contributed by atoms with Gasteiger partial charge >= 0.3 is 5.97 Å². The lowest BCUT2D eigenvalue weighted by Crippen LogP contribution is -2.57. The summed E-state index contributed by atoms with van der Waals surface area (Å²) in [6, 6.07) is -3.94. The summed E-state index contributed by atoms with van der Waals surface area (Å²) in [5.41, 5.74) is 6.25. The standard InChI is InChI=1S/C20H34N6O5S2/c1-11(2)6-15(25-17(27)13(21)9-32)19(29)24-14(4-5-33-3)18(28)26-16(20(30)31)7-12-8-22-10-23-12/h8,10-11,13-16,32H,4-7,9,21H2,1-3H3,(H,22,23)(H,24,29)(H,25,27)(H,26,28)(H,30,31). The number of thioether (sulfide) groups is 1. The van der Waals surface area contributed by atoms with Gasteiger partial charge in [-0.3, -0.25) is 14.4 Å². The second kappa shape index (κ2) is 14.8. The van der Waals surface area contributed by atoms with Crippen LogP contribution in [0, 0.1) is 5.92 Å². The highest BCUT2D eigenvalue weighted by molar-refractivity contribution is 7.98. The van der Waals surface area contributed by atoms with Crippen LogP contribution in [0.15, 0.2) is 12.5 Å². The molecule has 0 aliphatic rings. The molecule has 186 valence electrons. The summed E-state index contributed by atoms with van der Waals surface area (Å²) in [5.74, 6) is -2.12. The zero-order valence-electron chi connectivity index (χ0n) is 19.0. The maximum atomic E-state index is 13.0. The molecule has 1 aromatic rings. The molecule has 0 aliphatic heterocycles. The van der Waals surface area contributed by atoms with Crippen LogP contribution in [0.2, 0.25) is 0 Å². The molecule has 11 nitrogen and oxygen atoms in total. The van der Waals surface area contributed by atoms with Gasteiger partial charge in [0.1, 0.15) is 18.1 Å². The summed E-state index contributed by atoms with van der Waals surface area (Å²) in [6.07, 6.45) is 5.39. The lowest BCUT2D eigenvalue weighted by Gasteiger charge is -2.25. The van der Waals surface area contributed by atoms with Gasteiger partial charge in [0.25, 0.3) is 0 Å². The summed E-state index contributed by atoms with van der Waals surface area (Å²) >= 11 is 5.49. The number of carbonyl (C=O) groups is 4. The monoisotopic (exact) mass is 502 g/mol. The Labute approximate surface area is 203 Å². The molecular formula is C20H34N6O5S2. The summed E-state index contributed by atoms with van der Waals surface area (Å²) in [6.45, 7) is 3.80. The Morgan fingerprint density at radius 2 is 1.73 bits per heavy atom. The Morgan fingerprint density at radius 1 is 1.12 bits per heavy atom. The van der Waals surface area contributed by atoms with Crippen LogP contribution >= 0.6 is 24.4 Å². The molecule has 0 saturated heterocycles. The number of aromatic amines is 1. The van der Waals surface area contributed by atoms with Crippen molar-refractivity contribution >= 4 is 48.1 Å². The fraction of sp³-hybridized carbons (Fsp3) is 0.650. The van der Waals surface area contributed by atoms with Crippen LogP contribution in [-0.4, -0.2) is 80.7 Å². The molecular weight excluding hydrogens is 468 g/mol. The van der Waals surface area contributed by atoms with Crippen LogP contribution in [0.1, 0.15) is 32.4 Å². The third-order valence-electron chi connectivity index (χ3n) is 4.71. The Kier molecular flexibility index (Phi) is 12.9. The predicted octanol–water partition coefficient (Wildman–Crippen LogP) is -0.452. The number of imidazole rings is 1. The number of rotatable bonds is 15. The molecule has 0 saturated carbocycles. The van der Waals surface area contributed by atoms with Gasteiger partial charge in [-0.25, -0.2) is 9.78 Å². The maximum absolute atomic E-state index is 13.0. The fourth-order valence-corrected chi connectivity index (χ4v) is 3.57. The molecule has 0 fully saturated rings. The maximum Gasteiger partial charge on any atom is 0.326 e. The minimum Gasteiger partial charge on any atom is -0.480 e. The first kappa shape index (κ1) is 28.8. The number of nitrogens with one attached hydrogen (secondary N) is 4. The highest BCUT2D eigenvalue weighted by Gasteiger charge is 2.30. The first-order valence-electron chi connectivity index (χ1n) is 10.6. The van der Waals surface area contributed by atoms with E-state index in [4.69, 9.17) is 5.73 Å². The predicted molar refractivity (Wildman–Crippen MR) is 130 cm³/mol. The number of carboxylic acids is 1. The number of hydrogen-bond acceptors (Lipinski definition) is 8. The number of nitrogens with zero attached hydrogens (tertiary/aromatic N) is 1. The van der Waals surface area contributed by atoms with E-state index >= 15 is 0 Å². The minimum atomic E-state index is -1.21. The molecule has 1 aromatic heterocycles. The Hall–Kier alpha value is -2.25. The van der Waals surface area contributed by atoms with Crippen molar-refractivity contribution in [2.45, 2.75) is 57.3 Å². The summed E-state index contributed by atoms with van der Waals surface area (Å²) in [5, 5.41) is 17.3. The number of carboxylic acid groups (broad SMARTS) is 1. The highest BCUT2D eigenvalue weighted by atomic mass is 32.2. The summed E-state index contributed by atoms with van der Waals surface area (Å²) in [4.78, 5) is 56.4. The fourth-order valence-electron chi connectivity index (χ4n) is 2.93. The van der Waals surface area contributed by atoms with Gasteiger partial charge in [0, 0.05) is 24.1 Å². The van der Waals surface area contributed by atoms with Crippen molar-refractivity contribution in [2.75, 3.05) is 17.8 Å². The van der Waals surface area contributed by atoms with Crippen LogP contribution in [0.4, 0.5) is 0 Å². The number of H-pyrrole nitrogens is 1. The SMILES string of the molecule is CSCCC(NC(=O)C(CC(C)C)NC(=O)C(N)CS)C(=O)NC(Cc1cnc[nH]1)C(=O)O. The van der Waals surface area contributed by atoms with Crippen molar-refractivity contribution in [3.8, 4) is 0 Å². The van der Waals surface area contributed by atoms with E-state index in [0.717, 1.165) is 0 Å². The van der Waals surface area contributed by atoms with E-state index in [1.807, 2.05) is 20.1 Å². The smallest absolute Gasteiger partial charge is 0.326 e. The quantitative estimate of drug-likeness (QED) is 0.158. The van der Waals surface area contributed by atoms with Crippen molar-refractivity contribution in [1.82, 2.24) is 25.9 Å². The van der Waals surface area contributed by atoms with Crippen LogP contribution in [0.3, 0.4) is 0 Å². The molecule has 0 aliphatic carbocycles. The molecule has 0 spiro atoms. The summed E-state index contributed by atoms with van der Waals surface area (Å²) in [7, 11) is 0. The molecule has 0 radical (unpaired) electrons. The van der Waals surface area contributed by atoms with Crippen LogP contribution < -0.4 is 21.7 Å². The molecule has 0 bridgehead atoms. The lowest BCUT2D eigenvalue weighted by atomic mass is 10.0.